The van der Waals surface area contributed by atoms with Gasteiger partial charge in [0.05, 0.1) is 6.10 Å². The van der Waals surface area contributed by atoms with Crippen LogP contribution in [0.2, 0.25) is 0 Å². The number of hydrogen-bond donors (Lipinski definition) is 0. The molecule has 0 aliphatic heterocycles. The monoisotopic (exact) mass is 356 g/mol. The summed E-state index contributed by atoms with van der Waals surface area (Å²) in [5.74, 6) is 2.08. The summed E-state index contributed by atoms with van der Waals surface area (Å²) in [5, 5.41) is 0. The zero-order chi connectivity index (χ0) is 18.5. The minimum Gasteiger partial charge on any atom is -0.427 e. The van der Waals surface area contributed by atoms with Gasteiger partial charge < -0.3 is 9.47 Å². The predicted molar refractivity (Wildman–Crippen MR) is 98.2 cm³/mol. The first-order valence-electron chi connectivity index (χ1n) is 9.90. The number of hydrogen-bond acceptors (Lipinski definition) is 4. The summed E-state index contributed by atoms with van der Waals surface area (Å²) in [6.45, 7) is 6.31. The summed E-state index contributed by atoms with van der Waals surface area (Å²) in [6.07, 6.45) is 4.73. The summed E-state index contributed by atoms with van der Waals surface area (Å²) in [6, 6.07) is 6.04. The van der Waals surface area contributed by atoms with Crippen LogP contribution in [0.15, 0.2) is 18.2 Å². The molecule has 140 valence electrons. The second-order valence-corrected chi connectivity index (χ2v) is 8.37. The number of esters is 1. The highest BCUT2D eigenvalue weighted by atomic mass is 16.5. The smallest absolute Gasteiger partial charge is 0.308 e. The average Bonchev–Trinajstić information content (AvgIpc) is 2.89. The molecule has 1 aromatic carbocycles. The first kappa shape index (κ1) is 17.7. The van der Waals surface area contributed by atoms with E-state index >= 15 is 0 Å². The standard InChI is InChI=1S/C22H28O4/c1-4-25-19-12-22(3)18(9-10-20(22)24)17-7-5-14-11-15(26-13(2)23)6-8-16(14)21(17)19/h6,8,11,17-19,21H,4-5,7,9-10,12H2,1-3H3/t17-,18-,19-,21+,22-/m0/s1. The lowest BCUT2D eigenvalue weighted by Gasteiger charge is -2.51. The fourth-order valence-electron chi connectivity index (χ4n) is 5.98. The van der Waals surface area contributed by atoms with E-state index in [1.165, 1.54) is 18.1 Å². The van der Waals surface area contributed by atoms with Crippen LogP contribution in [0.1, 0.15) is 63.5 Å². The van der Waals surface area contributed by atoms with Gasteiger partial charge in [-0.2, -0.15) is 0 Å². The highest BCUT2D eigenvalue weighted by Gasteiger charge is 2.58. The summed E-state index contributed by atoms with van der Waals surface area (Å²) >= 11 is 0. The fourth-order valence-corrected chi connectivity index (χ4v) is 5.98. The Morgan fingerprint density at radius 3 is 2.81 bits per heavy atom. The Hall–Kier alpha value is -1.68. The van der Waals surface area contributed by atoms with Gasteiger partial charge in [0.25, 0.3) is 0 Å². The summed E-state index contributed by atoms with van der Waals surface area (Å²) < 4.78 is 11.5. The SMILES string of the molecule is CCO[C@H]1C[C@]2(C)C(=O)CC[C@H]2[C@@H]2CCc3cc(OC(C)=O)ccc3[C@H]21. The minimum atomic E-state index is -0.288. The first-order chi connectivity index (χ1) is 12.4. The Kier molecular flexibility index (Phi) is 4.42. The van der Waals surface area contributed by atoms with Gasteiger partial charge in [0.2, 0.25) is 0 Å². The lowest BCUT2D eigenvalue weighted by Crippen LogP contribution is -2.49. The molecule has 4 nitrogen and oxygen atoms in total. The van der Waals surface area contributed by atoms with Gasteiger partial charge in [0.1, 0.15) is 11.5 Å². The average molecular weight is 356 g/mol. The molecule has 5 atom stereocenters. The molecule has 2 fully saturated rings. The molecule has 4 heteroatoms. The maximum atomic E-state index is 12.6. The fraction of sp³-hybridized carbons (Fsp3) is 0.636. The highest BCUT2D eigenvalue weighted by molar-refractivity contribution is 5.87. The normalized spacial score (nSPS) is 35.4. The van der Waals surface area contributed by atoms with E-state index in [9.17, 15) is 9.59 Å². The number of fused-ring (bicyclic) bond motifs is 5. The van der Waals surface area contributed by atoms with Crippen LogP contribution < -0.4 is 4.74 Å². The van der Waals surface area contributed by atoms with Crippen LogP contribution in [0.3, 0.4) is 0 Å². The molecular weight excluding hydrogens is 328 g/mol. The Morgan fingerprint density at radius 1 is 1.27 bits per heavy atom. The van der Waals surface area contributed by atoms with Crippen LogP contribution in [0.25, 0.3) is 0 Å². The molecule has 1 aromatic rings. The van der Waals surface area contributed by atoms with Gasteiger partial charge in [-0.1, -0.05) is 13.0 Å². The Bertz CT molecular complexity index is 740. The van der Waals surface area contributed by atoms with Gasteiger partial charge in [0, 0.05) is 31.3 Å². The van der Waals surface area contributed by atoms with Crippen molar-refractivity contribution >= 4 is 11.8 Å². The van der Waals surface area contributed by atoms with Gasteiger partial charge in [-0.15, -0.1) is 0 Å². The number of ketones is 1. The molecule has 0 unspecified atom stereocenters. The Morgan fingerprint density at radius 2 is 2.08 bits per heavy atom. The summed E-state index contributed by atoms with van der Waals surface area (Å²) in [7, 11) is 0. The Labute approximate surface area is 155 Å². The summed E-state index contributed by atoms with van der Waals surface area (Å²) in [5.41, 5.74) is 2.38. The van der Waals surface area contributed by atoms with Gasteiger partial charge in [0.15, 0.2) is 0 Å². The van der Waals surface area contributed by atoms with Gasteiger partial charge in [-0.25, -0.2) is 0 Å². The van der Waals surface area contributed by atoms with Crippen LogP contribution in [0, 0.1) is 17.3 Å². The predicted octanol–water partition coefficient (Wildman–Crippen LogP) is 4.05. The van der Waals surface area contributed by atoms with Crippen molar-refractivity contribution in [3.8, 4) is 5.75 Å². The van der Waals surface area contributed by atoms with E-state index in [0.29, 0.717) is 35.9 Å². The number of aryl methyl sites for hydroxylation is 1. The summed E-state index contributed by atoms with van der Waals surface area (Å²) in [4.78, 5) is 23.9. The molecule has 0 amide bonds. The number of Topliss-reactive ketones (excluding diaryl/α,β-unsaturated/α-hetero) is 1. The molecule has 3 aliphatic rings. The van der Waals surface area contributed by atoms with Gasteiger partial charge in [-0.05, 0) is 67.7 Å². The van der Waals surface area contributed by atoms with Crippen molar-refractivity contribution in [1.29, 1.82) is 0 Å². The molecular formula is C22H28O4. The van der Waals surface area contributed by atoms with E-state index in [0.717, 1.165) is 32.1 Å². The molecule has 0 heterocycles. The number of carbonyl (C=O) groups is 2. The second-order valence-electron chi connectivity index (χ2n) is 8.37. The Balaban J connectivity index is 1.72. The third-order valence-electron chi connectivity index (χ3n) is 7.00. The van der Waals surface area contributed by atoms with E-state index < -0.39 is 0 Å². The zero-order valence-electron chi connectivity index (χ0n) is 15.9. The maximum absolute atomic E-state index is 12.6. The third kappa shape index (κ3) is 2.70. The van der Waals surface area contributed by atoms with Crippen molar-refractivity contribution in [2.75, 3.05) is 6.61 Å². The van der Waals surface area contributed by atoms with Gasteiger partial charge in [-0.3, -0.25) is 9.59 Å². The number of ether oxygens (including phenoxy) is 2. The highest BCUT2D eigenvalue weighted by Crippen LogP contribution is 2.60. The molecule has 0 aromatic heterocycles. The molecule has 0 radical (unpaired) electrons. The molecule has 0 N–H and O–H groups in total. The zero-order valence-corrected chi connectivity index (χ0v) is 15.9. The third-order valence-corrected chi connectivity index (χ3v) is 7.00. The second kappa shape index (κ2) is 6.49. The molecule has 0 spiro atoms. The van der Waals surface area contributed by atoms with Crippen molar-refractivity contribution in [2.45, 2.75) is 64.9 Å². The molecule has 4 rings (SSSR count). The van der Waals surface area contributed by atoms with Crippen molar-refractivity contribution in [1.82, 2.24) is 0 Å². The van der Waals surface area contributed by atoms with E-state index in [1.807, 2.05) is 19.1 Å². The van der Waals surface area contributed by atoms with Crippen molar-refractivity contribution in [2.24, 2.45) is 17.3 Å². The molecule has 26 heavy (non-hydrogen) atoms. The van der Waals surface area contributed by atoms with E-state index in [-0.39, 0.29) is 17.5 Å². The number of carbonyl (C=O) groups excluding carboxylic acids is 2. The molecule has 0 saturated heterocycles. The van der Waals surface area contributed by atoms with E-state index in [1.54, 1.807) is 0 Å². The van der Waals surface area contributed by atoms with E-state index in [4.69, 9.17) is 9.47 Å². The topological polar surface area (TPSA) is 52.6 Å². The maximum Gasteiger partial charge on any atom is 0.308 e. The molecule has 3 aliphatic carbocycles. The molecule has 2 saturated carbocycles. The lowest BCUT2D eigenvalue weighted by molar-refractivity contribution is -0.136. The largest absolute Gasteiger partial charge is 0.427 e. The van der Waals surface area contributed by atoms with E-state index in [2.05, 4.69) is 13.0 Å². The number of rotatable bonds is 3. The number of benzene rings is 1. The van der Waals surface area contributed by atoms with Crippen molar-refractivity contribution in [3.05, 3.63) is 29.3 Å². The van der Waals surface area contributed by atoms with Crippen molar-refractivity contribution < 1.29 is 19.1 Å². The van der Waals surface area contributed by atoms with Crippen LogP contribution in [-0.2, 0) is 20.7 Å². The van der Waals surface area contributed by atoms with Gasteiger partial charge >= 0.3 is 5.97 Å². The first-order valence-corrected chi connectivity index (χ1v) is 9.90. The van der Waals surface area contributed by atoms with Crippen LogP contribution in [0.4, 0.5) is 0 Å². The van der Waals surface area contributed by atoms with Crippen LogP contribution >= 0.6 is 0 Å². The van der Waals surface area contributed by atoms with Crippen molar-refractivity contribution in [3.63, 3.8) is 0 Å². The lowest BCUT2D eigenvalue weighted by atomic mass is 9.54. The molecule has 0 bridgehead atoms. The van der Waals surface area contributed by atoms with Crippen LogP contribution in [0.5, 0.6) is 5.75 Å². The quantitative estimate of drug-likeness (QED) is 0.605. The minimum absolute atomic E-state index is 0.0897. The van der Waals surface area contributed by atoms with Crippen LogP contribution in [-0.4, -0.2) is 24.5 Å².